The summed E-state index contributed by atoms with van der Waals surface area (Å²) in [5.41, 5.74) is 7.00. The highest BCUT2D eigenvalue weighted by atomic mass is 28.4. The molecule has 0 amide bonds. The lowest BCUT2D eigenvalue weighted by Crippen LogP contribution is -2.68. The number of benzene rings is 5. The van der Waals surface area contributed by atoms with E-state index in [9.17, 15) is 0 Å². The fourth-order valence-corrected chi connectivity index (χ4v) is 11.2. The predicted molar refractivity (Wildman–Crippen MR) is 179 cm³/mol. The Morgan fingerprint density at radius 3 is 1.64 bits per heavy atom. The Balaban J connectivity index is 1.43. The Labute approximate surface area is 251 Å². The Kier molecular flexibility index (Phi) is 8.06. The van der Waals surface area contributed by atoms with Gasteiger partial charge in [0.15, 0.2) is 0 Å². The third-order valence-corrected chi connectivity index (χ3v) is 13.6. The molecule has 1 aliphatic carbocycles. The van der Waals surface area contributed by atoms with Gasteiger partial charge in [0.05, 0.1) is 17.5 Å². The van der Waals surface area contributed by atoms with Crippen molar-refractivity contribution in [3.8, 4) is 0 Å². The third kappa shape index (κ3) is 5.55. The fourth-order valence-electron chi connectivity index (χ4n) is 6.49. The van der Waals surface area contributed by atoms with Crippen LogP contribution in [0.3, 0.4) is 0 Å². The molecule has 2 nitrogen and oxygen atoms in total. The quantitative estimate of drug-likeness (QED) is 0.144. The number of fused-ring (bicyclic) bond motifs is 1. The van der Waals surface area contributed by atoms with Gasteiger partial charge in [-0.1, -0.05) is 154 Å². The van der Waals surface area contributed by atoms with E-state index in [4.69, 9.17) is 9.42 Å². The van der Waals surface area contributed by atoms with Gasteiger partial charge in [-0.15, -0.1) is 0 Å². The highest BCUT2D eigenvalue weighted by Gasteiger charge is 2.51. The molecule has 42 heavy (non-hydrogen) atoms. The van der Waals surface area contributed by atoms with Gasteiger partial charge in [-0.3, -0.25) is 0 Å². The molecule has 0 fully saturated rings. The first kappa shape index (κ1) is 28.1. The summed E-state index contributed by atoms with van der Waals surface area (Å²) in [6, 6.07) is 49.6. The molecule has 210 valence electrons. The van der Waals surface area contributed by atoms with Crippen LogP contribution in [0.1, 0.15) is 49.4 Å². The van der Waals surface area contributed by atoms with Gasteiger partial charge in [0.25, 0.3) is 8.32 Å². The van der Waals surface area contributed by atoms with Gasteiger partial charge >= 0.3 is 0 Å². The summed E-state index contributed by atoms with van der Waals surface area (Å²) < 4.78 is 7.59. The summed E-state index contributed by atoms with van der Waals surface area (Å²) >= 11 is 0. The number of rotatable bonds is 7. The van der Waals surface area contributed by atoms with Crippen LogP contribution in [0.15, 0.2) is 145 Å². The Morgan fingerprint density at radius 1 is 0.643 bits per heavy atom. The minimum Gasteiger partial charge on any atom is -0.404 e. The maximum atomic E-state index is 7.59. The molecular formula is C39H39NOSi. The lowest BCUT2D eigenvalue weighted by molar-refractivity contribution is 0.171. The molecule has 0 heterocycles. The molecule has 6 rings (SSSR count). The van der Waals surface area contributed by atoms with E-state index in [1.54, 1.807) is 0 Å². The first-order valence-electron chi connectivity index (χ1n) is 15.0. The van der Waals surface area contributed by atoms with Crippen LogP contribution < -0.4 is 10.4 Å². The molecule has 0 spiro atoms. The van der Waals surface area contributed by atoms with E-state index in [0.717, 1.165) is 41.8 Å². The molecule has 5 aromatic rings. The van der Waals surface area contributed by atoms with Crippen LogP contribution in [-0.2, 0) is 17.3 Å². The van der Waals surface area contributed by atoms with Gasteiger partial charge < -0.3 is 4.43 Å². The van der Waals surface area contributed by atoms with Crippen molar-refractivity contribution in [3.63, 3.8) is 0 Å². The van der Waals surface area contributed by atoms with Crippen LogP contribution in [0.5, 0.6) is 0 Å². The van der Waals surface area contributed by atoms with Crippen molar-refractivity contribution < 1.29 is 4.43 Å². The van der Waals surface area contributed by atoms with E-state index in [2.05, 4.69) is 160 Å². The van der Waals surface area contributed by atoms with E-state index >= 15 is 0 Å². The highest BCUT2D eigenvalue weighted by molar-refractivity contribution is 6.99. The summed E-state index contributed by atoms with van der Waals surface area (Å²) in [5, 5.41) is 2.61. The Bertz CT molecular complexity index is 1560. The predicted octanol–water partition coefficient (Wildman–Crippen LogP) is 8.29. The molecule has 1 atom stereocenters. The van der Waals surface area contributed by atoms with Crippen LogP contribution in [0.4, 0.5) is 5.69 Å². The second-order valence-corrected chi connectivity index (χ2v) is 16.5. The average molecular weight is 566 g/mol. The average Bonchev–Trinajstić information content (AvgIpc) is 3.03. The standard InChI is InChI=1S/C39H39NOSi/c1-39(2,3)42(34-22-12-6-13-23-34,35-24-14-7-15-25-35)41-33-28-27-30-21-16-26-37(36(30)29-33)40-38(31-17-8-4-9-18-31)32-19-10-5-11-20-32/h4-26,33H,27-29H2,1-3H3/t33-/m1/s1. The minimum absolute atomic E-state index is 0.0541. The van der Waals surface area contributed by atoms with Gasteiger partial charge in [-0.25, -0.2) is 4.99 Å². The van der Waals surface area contributed by atoms with Crippen LogP contribution in [-0.4, -0.2) is 20.1 Å². The van der Waals surface area contributed by atoms with E-state index < -0.39 is 8.32 Å². The first-order chi connectivity index (χ1) is 20.5. The maximum Gasteiger partial charge on any atom is 0.261 e. The zero-order valence-corrected chi connectivity index (χ0v) is 25.8. The molecule has 0 radical (unpaired) electrons. The molecule has 5 aromatic carbocycles. The van der Waals surface area contributed by atoms with Crippen molar-refractivity contribution in [1.82, 2.24) is 0 Å². The molecule has 0 unspecified atom stereocenters. The van der Waals surface area contributed by atoms with Crippen molar-refractivity contribution >= 4 is 30.1 Å². The van der Waals surface area contributed by atoms with Gasteiger partial charge in [0.2, 0.25) is 0 Å². The summed E-state index contributed by atoms with van der Waals surface area (Å²) in [6.07, 6.45) is 2.97. The molecule has 1 aliphatic rings. The van der Waals surface area contributed by atoms with Crippen molar-refractivity contribution in [2.24, 2.45) is 4.99 Å². The van der Waals surface area contributed by atoms with Crippen molar-refractivity contribution in [1.29, 1.82) is 0 Å². The SMILES string of the molecule is CC(C)(C)[Si](O[C@@H]1CCc2cccc(N=C(c3ccccc3)c3ccccc3)c2C1)(c1ccccc1)c1ccccc1. The molecule has 0 aromatic heterocycles. The molecule has 3 heteroatoms. The topological polar surface area (TPSA) is 21.6 Å². The lowest BCUT2D eigenvalue weighted by Gasteiger charge is -2.46. The second kappa shape index (κ2) is 12.0. The van der Waals surface area contributed by atoms with E-state index in [0.29, 0.717) is 0 Å². The van der Waals surface area contributed by atoms with Crippen LogP contribution in [0, 0.1) is 0 Å². The fraction of sp³-hybridized carbons (Fsp3) is 0.205. The van der Waals surface area contributed by atoms with E-state index in [1.807, 2.05) is 0 Å². The van der Waals surface area contributed by atoms with Crippen molar-refractivity contribution in [2.75, 3.05) is 0 Å². The third-order valence-electron chi connectivity index (χ3n) is 8.50. The molecule has 0 aliphatic heterocycles. The summed E-state index contributed by atoms with van der Waals surface area (Å²) in [6.45, 7) is 7.08. The Hall–Kier alpha value is -4.05. The van der Waals surface area contributed by atoms with Gasteiger partial charge in [0, 0.05) is 11.1 Å². The zero-order valence-electron chi connectivity index (χ0n) is 24.8. The van der Waals surface area contributed by atoms with Gasteiger partial charge in [0.1, 0.15) is 0 Å². The normalized spacial score (nSPS) is 15.1. The van der Waals surface area contributed by atoms with Crippen LogP contribution in [0.2, 0.25) is 5.04 Å². The lowest BCUT2D eigenvalue weighted by atomic mass is 9.88. The molecule has 0 N–H and O–H groups in total. The number of hydrogen-bond acceptors (Lipinski definition) is 2. The molecular weight excluding hydrogens is 527 g/mol. The highest BCUT2D eigenvalue weighted by Crippen LogP contribution is 2.40. The first-order valence-corrected chi connectivity index (χ1v) is 17.0. The summed E-state index contributed by atoms with van der Waals surface area (Å²) in [7, 11) is -2.65. The number of aliphatic imine (C=N–C) groups is 1. The molecule has 0 saturated carbocycles. The monoisotopic (exact) mass is 565 g/mol. The minimum atomic E-state index is -2.65. The maximum absolute atomic E-state index is 7.59. The zero-order chi connectivity index (χ0) is 29.0. The summed E-state index contributed by atoms with van der Waals surface area (Å²) in [5.74, 6) is 0. The van der Waals surface area contributed by atoms with Crippen LogP contribution >= 0.6 is 0 Å². The number of aryl methyl sites for hydroxylation is 1. The second-order valence-electron chi connectivity index (χ2n) is 12.3. The van der Waals surface area contributed by atoms with E-state index in [-0.39, 0.29) is 11.1 Å². The van der Waals surface area contributed by atoms with Gasteiger partial charge in [-0.05, 0) is 51.9 Å². The molecule has 0 saturated heterocycles. The van der Waals surface area contributed by atoms with Crippen molar-refractivity contribution in [2.45, 2.75) is 51.2 Å². The number of nitrogens with zero attached hydrogens (tertiary/aromatic N) is 1. The molecule has 0 bridgehead atoms. The smallest absolute Gasteiger partial charge is 0.261 e. The number of hydrogen-bond donors (Lipinski definition) is 0. The largest absolute Gasteiger partial charge is 0.404 e. The Morgan fingerprint density at radius 2 is 1.14 bits per heavy atom. The van der Waals surface area contributed by atoms with E-state index in [1.165, 1.54) is 21.5 Å². The van der Waals surface area contributed by atoms with Crippen molar-refractivity contribution in [3.05, 3.63) is 162 Å². The summed E-state index contributed by atoms with van der Waals surface area (Å²) in [4.78, 5) is 5.38. The van der Waals surface area contributed by atoms with Gasteiger partial charge in [-0.2, -0.15) is 0 Å². The van der Waals surface area contributed by atoms with Crippen LogP contribution in [0.25, 0.3) is 0 Å².